The fraction of sp³-hybridized carbons (Fsp3) is 0.600. The van der Waals surface area contributed by atoms with Gasteiger partial charge in [-0.3, -0.25) is 14.5 Å². The minimum absolute atomic E-state index is 0.131. The lowest BCUT2D eigenvalue weighted by Gasteiger charge is -2.24. The summed E-state index contributed by atoms with van der Waals surface area (Å²) in [5.41, 5.74) is 0. The zero-order valence-electron chi connectivity index (χ0n) is 8.25. The molecule has 1 radical (unpaired) electrons. The first-order valence-corrected chi connectivity index (χ1v) is 4.45. The summed E-state index contributed by atoms with van der Waals surface area (Å²) in [4.78, 5) is 23.3. The maximum absolute atomic E-state index is 11.4. The molecule has 0 amide bonds. The highest BCUT2D eigenvalue weighted by Gasteiger charge is 2.19. The number of nitrogens with zero attached hydrogens (tertiary/aromatic N) is 1. The van der Waals surface area contributed by atoms with E-state index in [0.717, 1.165) is 13.1 Å². The van der Waals surface area contributed by atoms with Gasteiger partial charge in [0.25, 0.3) is 0 Å². The predicted octanol–water partition coefficient (Wildman–Crippen LogP) is 0.952. The van der Waals surface area contributed by atoms with Crippen LogP contribution in [0.5, 0.6) is 0 Å². The molecule has 0 bridgehead atoms. The van der Waals surface area contributed by atoms with Crippen molar-refractivity contribution in [3.8, 4) is 0 Å². The third-order valence-corrected chi connectivity index (χ3v) is 2.01. The van der Waals surface area contributed by atoms with Gasteiger partial charge in [-0.1, -0.05) is 19.9 Å². The third-order valence-electron chi connectivity index (χ3n) is 2.01. The number of hydrogen-bond acceptors (Lipinski definition) is 3. The molecule has 0 heterocycles. The average Bonchev–Trinajstić information content (AvgIpc) is 2.14. The molecule has 3 heteroatoms. The molecule has 0 N–H and O–H groups in total. The van der Waals surface area contributed by atoms with Gasteiger partial charge in [0, 0.05) is 0 Å². The molecule has 0 aliphatic carbocycles. The number of hydrogen-bond donors (Lipinski definition) is 0. The largest absolute Gasteiger partial charge is 0.297 e. The fourth-order valence-electron chi connectivity index (χ4n) is 1.28. The van der Waals surface area contributed by atoms with Gasteiger partial charge < -0.3 is 0 Å². The second kappa shape index (κ2) is 6.54. The summed E-state index contributed by atoms with van der Waals surface area (Å²) in [6, 6.07) is -0.337. The van der Waals surface area contributed by atoms with Crippen molar-refractivity contribution in [2.24, 2.45) is 0 Å². The van der Waals surface area contributed by atoms with Crippen LogP contribution in [0.2, 0.25) is 0 Å². The van der Waals surface area contributed by atoms with Gasteiger partial charge in [-0.05, 0) is 13.1 Å². The first-order chi connectivity index (χ1) is 6.21. The van der Waals surface area contributed by atoms with Gasteiger partial charge in [0.2, 0.25) is 6.29 Å². The van der Waals surface area contributed by atoms with Crippen LogP contribution in [0.1, 0.15) is 20.3 Å². The Kier molecular flexibility index (Phi) is 6.06. The molecule has 0 aliphatic rings. The molecule has 0 rings (SSSR count). The Labute approximate surface area is 79.4 Å². The zero-order valence-corrected chi connectivity index (χ0v) is 8.25. The number of carbonyl (C=O) groups excluding carboxylic acids is 2. The van der Waals surface area contributed by atoms with E-state index < -0.39 is 0 Å². The quantitative estimate of drug-likeness (QED) is 0.434. The van der Waals surface area contributed by atoms with Crippen LogP contribution in [0.4, 0.5) is 0 Å². The first kappa shape index (κ1) is 12.0. The van der Waals surface area contributed by atoms with E-state index in [4.69, 9.17) is 0 Å². The van der Waals surface area contributed by atoms with Gasteiger partial charge in [-0.15, -0.1) is 6.58 Å². The van der Waals surface area contributed by atoms with Gasteiger partial charge in [0.1, 0.15) is 0 Å². The predicted molar refractivity (Wildman–Crippen MR) is 52.2 cm³/mol. The molecule has 0 aromatic heterocycles. The Hall–Kier alpha value is -0.960. The summed E-state index contributed by atoms with van der Waals surface area (Å²) in [5.74, 6) is -0.131. The van der Waals surface area contributed by atoms with Crippen molar-refractivity contribution in [2.75, 3.05) is 13.1 Å². The minimum Gasteiger partial charge on any atom is -0.297 e. The van der Waals surface area contributed by atoms with Crippen molar-refractivity contribution in [1.82, 2.24) is 4.90 Å². The molecule has 0 aromatic carbocycles. The van der Waals surface area contributed by atoms with Gasteiger partial charge in [0.05, 0.1) is 12.5 Å². The molecule has 0 aliphatic heterocycles. The van der Waals surface area contributed by atoms with Crippen LogP contribution >= 0.6 is 0 Å². The van der Waals surface area contributed by atoms with E-state index >= 15 is 0 Å². The maximum Gasteiger partial charge on any atom is 0.206 e. The van der Waals surface area contributed by atoms with E-state index in [1.807, 2.05) is 18.7 Å². The Morgan fingerprint density at radius 2 is 2.08 bits per heavy atom. The highest BCUT2D eigenvalue weighted by atomic mass is 16.1. The number of Topliss-reactive ketones (excluding diaryl/α,β-unsaturated/α-hetero) is 1. The van der Waals surface area contributed by atoms with Crippen molar-refractivity contribution in [1.29, 1.82) is 0 Å². The van der Waals surface area contributed by atoms with E-state index in [2.05, 4.69) is 6.58 Å². The van der Waals surface area contributed by atoms with Crippen LogP contribution in [0.25, 0.3) is 0 Å². The summed E-state index contributed by atoms with van der Waals surface area (Å²) in [5, 5.41) is 0. The van der Waals surface area contributed by atoms with E-state index in [9.17, 15) is 9.59 Å². The molecule has 3 nitrogen and oxygen atoms in total. The van der Waals surface area contributed by atoms with E-state index in [0.29, 0.717) is 0 Å². The highest BCUT2D eigenvalue weighted by molar-refractivity contribution is 5.94. The molecule has 0 saturated carbocycles. The summed E-state index contributed by atoms with van der Waals surface area (Å²) >= 11 is 0. The summed E-state index contributed by atoms with van der Waals surface area (Å²) in [6.45, 7) is 9.08. The molecule has 13 heavy (non-hydrogen) atoms. The monoisotopic (exact) mass is 182 g/mol. The Balaban J connectivity index is 4.37. The van der Waals surface area contributed by atoms with Gasteiger partial charge >= 0.3 is 0 Å². The van der Waals surface area contributed by atoms with Crippen LogP contribution in [0, 0.1) is 0 Å². The summed E-state index contributed by atoms with van der Waals surface area (Å²) in [7, 11) is 0. The van der Waals surface area contributed by atoms with E-state index in [-0.39, 0.29) is 18.2 Å². The lowest BCUT2D eigenvalue weighted by molar-refractivity contribution is -0.121. The van der Waals surface area contributed by atoms with Crippen LogP contribution < -0.4 is 0 Å². The molecular formula is C10H16NO2. The van der Waals surface area contributed by atoms with Crippen molar-refractivity contribution < 1.29 is 9.59 Å². The van der Waals surface area contributed by atoms with Crippen molar-refractivity contribution >= 4 is 12.1 Å². The Bertz CT molecular complexity index is 185. The zero-order chi connectivity index (χ0) is 10.3. The van der Waals surface area contributed by atoms with Crippen LogP contribution in [-0.2, 0) is 9.59 Å². The minimum atomic E-state index is -0.337. The van der Waals surface area contributed by atoms with Gasteiger partial charge in [-0.2, -0.15) is 0 Å². The molecule has 0 saturated heterocycles. The lowest BCUT2D eigenvalue weighted by Crippen LogP contribution is -2.39. The van der Waals surface area contributed by atoms with Crippen molar-refractivity contribution in [3.05, 3.63) is 12.7 Å². The Morgan fingerprint density at radius 3 is 2.38 bits per heavy atom. The number of ketones is 1. The molecule has 73 valence electrons. The van der Waals surface area contributed by atoms with Crippen molar-refractivity contribution in [2.45, 2.75) is 26.3 Å². The third kappa shape index (κ3) is 3.51. The second-order valence-corrected chi connectivity index (χ2v) is 2.69. The normalized spacial score (nSPS) is 12.5. The van der Waals surface area contributed by atoms with E-state index in [1.165, 1.54) is 0 Å². The number of rotatable bonds is 7. The standard InChI is InChI=1S/C10H16NO2/c1-4-9(10(13)7-8-12)11(5-2)6-3/h4,9H,1,5-7H2,2-3H3. The molecule has 1 atom stereocenters. The molecule has 0 spiro atoms. The number of carbonyl (C=O) groups is 1. The van der Waals surface area contributed by atoms with Gasteiger partial charge in [0.15, 0.2) is 5.78 Å². The van der Waals surface area contributed by atoms with Gasteiger partial charge in [-0.25, -0.2) is 0 Å². The molecular weight excluding hydrogens is 166 g/mol. The van der Waals surface area contributed by atoms with Crippen LogP contribution in [0.3, 0.4) is 0 Å². The summed E-state index contributed by atoms with van der Waals surface area (Å²) < 4.78 is 0. The topological polar surface area (TPSA) is 37.4 Å². The molecule has 0 fully saturated rings. The van der Waals surface area contributed by atoms with Crippen LogP contribution in [0.15, 0.2) is 12.7 Å². The average molecular weight is 182 g/mol. The summed E-state index contributed by atoms with van der Waals surface area (Å²) in [6.07, 6.45) is 3.04. The lowest BCUT2D eigenvalue weighted by atomic mass is 10.1. The maximum atomic E-state index is 11.4. The van der Waals surface area contributed by atoms with E-state index in [1.54, 1.807) is 12.4 Å². The number of likely N-dealkylation sites (N-methyl/N-ethyl adjacent to an activating group) is 1. The fourth-order valence-corrected chi connectivity index (χ4v) is 1.28. The Morgan fingerprint density at radius 1 is 1.54 bits per heavy atom. The van der Waals surface area contributed by atoms with Crippen LogP contribution in [-0.4, -0.2) is 36.1 Å². The molecule has 0 aromatic rings. The second-order valence-electron chi connectivity index (χ2n) is 2.69. The molecule has 1 unspecified atom stereocenters. The highest BCUT2D eigenvalue weighted by Crippen LogP contribution is 2.03. The first-order valence-electron chi connectivity index (χ1n) is 4.45. The smallest absolute Gasteiger partial charge is 0.206 e. The SMILES string of the molecule is C=CC(C(=O)C[C]=O)N(CC)CC. The van der Waals surface area contributed by atoms with Crippen molar-refractivity contribution in [3.63, 3.8) is 0 Å².